The van der Waals surface area contributed by atoms with E-state index in [1.807, 2.05) is 42.5 Å². The molecule has 0 saturated heterocycles. The van der Waals surface area contributed by atoms with Gasteiger partial charge in [-0.05, 0) is 35.9 Å². The van der Waals surface area contributed by atoms with Gasteiger partial charge in [-0.15, -0.1) is 0 Å². The van der Waals surface area contributed by atoms with Gasteiger partial charge in [-0.2, -0.15) is 0 Å². The molecule has 0 saturated carbocycles. The average molecular weight is 296 g/mol. The van der Waals surface area contributed by atoms with Crippen LogP contribution in [0.15, 0.2) is 48.8 Å². The maximum atomic E-state index is 5.82. The van der Waals surface area contributed by atoms with Crippen LogP contribution in [0.5, 0.6) is 17.4 Å². The van der Waals surface area contributed by atoms with E-state index in [1.54, 1.807) is 14.2 Å². The zero-order valence-corrected chi connectivity index (χ0v) is 12.4. The number of fused-ring (bicyclic) bond motifs is 1. The second-order valence-electron chi connectivity index (χ2n) is 4.70. The van der Waals surface area contributed by atoms with Gasteiger partial charge in [0.05, 0.1) is 25.1 Å². The van der Waals surface area contributed by atoms with Crippen molar-refractivity contribution in [3.05, 3.63) is 54.4 Å². The molecule has 1 heterocycles. The molecule has 3 rings (SSSR count). The molecule has 0 amide bonds. The molecule has 0 unspecified atom stereocenters. The molecule has 0 aliphatic rings. The van der Waals surface area contributed by atoms with Gasteiger partial charge in [-0.25, -0.2) is 9.97 Å². The molecule has 0 radical (unpaired) electrons. The molecule has 0 aliphatic carbocycles. The van der Waals surface area contributed by atoms with Gasteiger partial charge in [0.1, 0.15) is 24.4 Å². The Morgan fingerprint density at radius 3 is 2.36 bits per heavy atom. The molecule has 22 heavy (non-hydrogen) atoms. The van der Waals surface area contributed by atoms with E-state index in [1.165, 1.54) is 6.33 Å². The van der Waals surface area contributed by atoms with Gasteiger partial charge >= 0.3 is 0 Å². The standard InChI is InChI=1S/C17H16N2O3/c1-20-13-5-3-12(4-6-13)10-22-14-7-8-16-15(9-14)17(21-2)19-11-18-16/h3-9,11H,10H2,1-2H3. The Morgan fingerprint density at radius 1 is 0.864 bits per heavy atom. The van der Waals surface area contributed by atoms with Gasteiger partial charge in [0, 0.05) is 0 Å². The number of rotatable bonds is 5. The zero-order chi connectivity index (χ0) is 15.4. The lowest BCUT2D eigenvalue weighted by molar-refractivity contribution is 0.306. The third-order valence-corrected chi connectivity index (χ3v) is 3.33. The molecule has 0 atom stereocenters. The highest BCUT2D eigenvalue weighted by Crippen LogP contribution is 2.26. The Morgan fingerprint density at radius 2 is 1.64 bits per heavy atom. The number of benzene rings is 2. The zero-order valence-electron chi connectivity index (χ0n) is 12.4. The van der Waals surface area contributed by atoms with Crippen molar-refractivity contribution in [2.24, 2.45) is 0 Å². The summed E-state index contributed by atoms with van der Waals surface area (Å²) in [6, 6.07) is 13.4. The highest BCUT2D eigenvalue weighted by atomic mass is 16.5. The largest absolute Gasteiger partial charge is 0.497 e. The lowest BCUT2D eigenvalue weighted by atomic mass is 10.2. The Bertz CT molecular complexity index is 772. The summed E-state index contributed by atoms with van der Waals surface area (Å²) in [6.07, 6.45) is 1.49. The second-order valence-corrected chi connectivity index (χ2v) is 4.70. The molecule has 0 fully saturated rings. The second kappa shape index (κ2) is 6.30. The summed E-state index contributed by atoms with van der Waals surface area (Å²) < 4.78 is 16.2. The van der Waals surface area contributed by atoms with Crippen LogP contribution in [0.25, 0.3) is 10.9 Å². The average Bonchev–Trinajstić information content (AvgIpc) is 2.59. The SMILES string of the molecule is COc1ccc(COc2ccc3ncnc(OC)c3c2)cc1. The molecule has 0 aliphatic heterocycles. The molecule has 2 aromatic carbocycles. The predicted molar refractivity (Wildman–Crippen MR) is 83.4 cm³/mol. The van der Waals surface area contributed by atoms with E-state index >= 15 is 0 Å². The highest BCUT2D eigenvalue weighted by molar-refractivity contribution is 5.84. The number of ether oxygens (including phenoxy) is 3. The Balaban J connectivity index is 1.78. The highest BCUT2D eigenvalue weighted by Gasteiger charge is 2.05. The number of nitrogens with zero attached hydrogens (tertiary/aromatic N) is 2. The van der Waals surface area contributed by atoms with E-state index in [0.717, 1.165) is 28.0 Å². The fourth-order valence-corrected chi connectivity index (χ4v) is 2.15. The molecule has 112 valence electrons. The summed E-state index contributed by atoms with van der Waals surface area (Å²) in [7, 11) is 3.24. The van der Waals surface area contributed by atoms with Crippen LogP contribution in [-0.4, -0.2) is 24.2 Å². The third kappa shape index (κ3) is 2.93. The first-order valence-corrected chi connectivity index (χ1v) is 6.84. The van der Waals surface area contributed by atoms with Gasteiger partial charge in [0.25, 0.3) is 0 Å². The van der Waals surface area contributed by atoms with Gasteiger partial charge < -0.3 is 14.2 Å². The van der Waals surface area contributed by atoms with E-state index in [0.29, 0.717) is 12.5 Å². The van der Waals surface area contributed by atoms with Crippen molar-refractivity contribution in [1.29, 1.82) is 0 Å². The monoisotopic (exact) mass is 296 g/mol. The van der Waals surface area contributed by atoms with Crippen LogP contribution in [0.4, 0.5) is 0 Å². The molecule has 0 spiro atoms. The van der Waals surface area contributed by atoms with Crippen LogP contribution in [0.1, 0.15) is 5.56 Å². The summed E-state index contributed by atoms with van der Waals surface area (Å²) in [5.41, 5.74) is 1.89. The summed E-state index contributed by atoms with van der Waals surface area (Å²) >= 11 is 0. The summed E-state index contributed by atoms with van der Waals surface area (Å²) in [5, 5.41) is 0.831. The molecule has 3 aromatic rings. The van der Waals surface area contributed by atoms with E-state index < -0.39 is 0 Å². The van der Waals surface area contributed by atoms with E-state index in [4.69, 9.17) is 14.2 Å². The van der Waals surface area contributed by atoms with Crippen molar-refractivity contribution in [2.75, 3.05) is 14.2 Å². The summed E-state index contributed by atoms with van der Waals surface area (Å²) in [6.45, 7) is 0.478. The van der Waals surface area contributed by atoms with Gasteiger partial charge in [0.15, 0.2) is 0 Å². The molecular formula is C17H16N2O3. The van der Waals surface area contributed by atoms with Crippen molar-refractivity contribution < 1.29 is 14.2 Å². The van der Waals surface area contributed by atoms with Gasteiger partial charge in [-0.3, -0.25) is 0 Å². The normalized spacial score (nSPS) is 10.5. The first kappa shape index (κ1) is 14.1. The van der Waals surface area contributed by atoms with Crippen LogP contribution in [0.2, 0.25) is 0 Å². The minimum atomic E-state index is 0.478. The Hall–Kier alpha value is -2.82. The Kier molecular flexibility index (Phi) is 4.05. The van der Waals surface area contributed by atoms with Gasteiger partial charge in [-0.1, -0.05) is 12.1 Å². The third-order valence-electron chi connectivity index (χ3n) is 3.33. The topological polar surface area (TPSA) is 53.5 Å². The molecule has 0 bridgehead atoms. The van der Waals surface area contributed by atoms with Crippen LogP contribution in [0, 0.1) is 0 Å². The van der Waals surface area contributed by atoms with Crippen molar-refractivity contribution in [1.82, 2.24) is 9.97 Å². The molecular weight excluding hydrogens is 280 g/mol. The van der Waals surface area contributed by atoms with E-state index in [9.17, 15) is 0 Å². The van der Waals surface area contributed by atoms with Crippen molar-refractivity contribution in [3.8, 4) is 17.4 Å². The number of hydrogen-bond acceptors (Lipinski definition) is 5. The fraction of sp³-hybridized carbons (Fsp3) is 0.176. The smallest absolute Gasteiger partial charge is 0.224 e. The maximum absolute atomic E-state index is 5.82. The van der Waals surface area contributed by atoms with Crippen LogP contribution in [-0.2, 0) is 6.61 Å². The van der Waals surface area contributed by atoms with Gasteiger partial charge in [0.2, 0.25) is 5.88 Å². The number of aromatic nitrogens is 2. The number of hydrogen-bond donors (Lipinski definition) is 0. The summed E-state index contributed by atoms with van der Waals surface area (Å²) in [5.74, 6) is 2.12. The molecule has 5 nitrogen and oxygen atoms in total. The summed E-state index contributed by atoms with van der Waals surface area (Å²) in [4.78, 5) is 8.31. The lowest BCUT2D eigenvalue weighted by Crippen LogP contribution is -1.96. The van der Waals surface area contributed by atoms with Crippen LogP contribution < -0.4 is 14.2 Å². The Labute approximate surface area is 128 Å². The maximum Gasteiger partial charge on any atom is 0.224 e. The minimum Gasteiger partial charge on any atom is -0.497 e. The van der Waals surface area contributed by atoms with E-state index in [2.05, 4.69) is 9.97 Å². The number of methoxy groups -OCH3 is 2. The van der Waals surface area contributed by atoms with Crippen molar-refractivity contribution in [2.45, 2.75) is 6.61 Å². The van der Waals surface area contributed by atoms with E-state index in [-0.39, 0.29) is 0 Å². The quantitative estimate of drug-likeness (QED) is 0.723. The first-order valence-electron chi connectivity index (χ1n) is 6.84. The molecule has 5 heteroatoms. The van der Waals surface area contributed by atoms with Crippen molar-refractivity contribution >= 4 is 10.9 Å². The molecule has 1 aromatic heterocycles. The lowest BCUT2D eigenvalue weighted by Gasteiger charge is -2.09. The molecule has 0 N–H and O–H groups in total. The van der Waals surface area contributed by atoms with Crippen molar-refractivity contribution in [3.63, 3.8) is 0 Å². The van der Waals surface area contributed by atoms with Crippen LogP contribution >= 0.6 is 0 Å². The predicted octanol–water partition coefficient (Wildman–Crippen LogP) is 3.23. The fourth-order valence-electron chi connectivity index (χ4n) is 2.15. The first-order chi connectivity index (χ1) is 10.8. The minimum absolute atomic E-state index is 0.478. The van der Waals surface area contributed by atoms with Crippen LogP contribution in [0.3, 0.4) is 0 Å².